The van der Waals surface area contributed by atoms with E-state index in [-0.39, 0.29) is 18.2 Å². The molecule has 2 fully saturated rings. The number of anilines is 3. The first-order chi connectivity index (χ1) is 16.5. The number of carbonyl (C=O) groups excluding carboxylic acids is 1. The summed E-state index contributed by atoms with van der Waals surface area (Å²) < 4.78 is 11.6. The number of aromatic nitrogens is 2. The fourth-order valence-electron chi connectivity index (χ4n) is 4.62. The maximum Gasteiger partial charge on any atom is 0.319 e. The monoisotopic (exact) mass is 468 g/mol. The van der Waals surface area contributed by atoms with Crippen LogP contribution in [0.5, 0.6) is 11.5 Å². The molecule has 9 heteroatoms. The lowest BCUT2D eigenvalue weighted by Crippen LogP contribution is -2.42. The number of nitrogens with one attached hydrogen (secondary N) is 3. The van der Waals surface area contributed by atoms with Gasteiger partial charge in [0.15, 0.2) is 11.5 Å². The predicted molar refractivity (Wildman–Crippen MR) is 134 cm³/mol. The van der Waals surface area contributed by atoms with E-state index in [2.05, 4.69) is 25.9 Å². The summed E-state index contributed by atoms with van der Waals surface area (Å²) in [7, 11) is 5.56. The summed E-state index contributed by atoms with van der Waals surface area (Å²) in [6.45, 7) is 0. The molecule has 0 spiro atoms. The Kier molecular flexibility index (Phi) is 7.92. The van der Waals surface area contributed by atoms with Crippen molar-refractivity contribution in [2.45, 2.75) is 69.6 Å². The van der Waals surface area contributed by atoms with E-state index in [1.807, 2.05) is 43.3 Å². The molecule has 3 N–H and O–H groups in total. The minimum Gasteiger partial charge on any atom is -0.493 e. The van der Waals surface area contributed by atoms with Crippen LogP contribution in [0.1, 0.15) is 51.4 Å². The van der Waals surface area contributed by atoms with Crippen molar-refractivity contribution >= 4 is 23.5 Å². The van der Waals surface area contributed by atoms with Gasteiger partial charge in [0, 0.05) is 44.1 Å². The number of rotatable bonds is 8. The smallest absolute Gasteiger partial charge is 0.319 e. The third kappa shape index (κ3) is 6.42. The van der Waals surface area contributed by atoms with Crippen molar-refractivity contribution in [2.75, 3.05) is 36.7 Å². The van der Waals surface area contributed by atoms with E-state index in [0.717, 1.165) is 44.3 Å². The third-order valence-electron chi connectivity index (χ3n) is 6.51. The van der Waals surface area contributed by atoms with Crippen LogP contribution in [0.3, 0.4) is 0 Å². The highest BCUT2D eigenvalue weighted by atomic mass is 16.5. The lowest BCUT2D eigenvalue weighted by atomic mass is 9.91. The minimum absolute atomic E-state index is 0.138. The van der Waals surface area contributed by atoms with Crippen molar-refractivity contribution in [1.29, 1.82) is 0 Å². The second-order valence-electron chi connectivity index (χ2n) is 9.31. The number of hydrogen-bond donors (Lipinski definition) is 3. The van der Waals surface area contributed by atoms with E-state index in [0.29, 0.717) is 29.2 Å². The SMILES string of the molecule is COc1ccc(NC(=O)NC2CCC(Nc3nccc(N(C)C)n3)CC2)cc1OC1CCCC1. The van der Waals surface area contributed by atoms with Crippen molar-refractivity contribution in [2.24, 2.45) is 0 Å². The standard InChI is InChI=1S/C25H36N6O3/c1-31(2)23-14-15-26-24(30-23)27-17-8-10-18(11-9-17)28-25(32)29-19-12-13-21(33-3)22(16-19)34-20-6-4-5-7-20/h12-18,20H,4-11H2,1-3H3,(H,26,27,30)(H2,28,29,32). The van der Waals surface area contributed by atoms with Crippen LogP contribution >= 0.6 is 0 Å². The Morgan fingerprint density at radius 2 is 1.74 bits per heavy atom. The minimum atomic E-state index is -0.199. The average Bonchev–Trinajstić information content (AvgIpc) is 3.34. The first-order valence-electron chi connectivity index (χ1n) is 12.2. The molecule has 2 amide bonds. The van der Waals surface area contributed by atoms with E-state index in [9.17, 15) is 4.79 Å². The van der Waals surface area contributed by atoms with Gasteiger partial charge >= 0.3 is 6.03 Å². The van der Waals surface area contributed by atoms with Crippen molar-refractivity contribution in [3.63, 3.8) is 0 Å². The molecule has 9 nitrogen and oxygen atoms in total. The van der Waals surface area contributed by atoms with E-state index in [1.165, 1.54) is 12.8 Å². The van der Waals surface area contributed by atoms with Gasteiger partial charge in [-0.25, -0.2) is 9.78 Å². The molecule has 0 aliphatic heterocycles. The Morgan fingerprint density at radius 1 is 1.00 bits per heavy atom. The molecule has 2 saturated carbocycles. The predicted octanol–water partition coefficient (Wildman–Crippen LogP) is 4.42. The lowest BCUT2D eigenvalue weighted by molar-refractivity contribution is 0.201. The fraction of sp³-hybridized carbons (Fsp3) is 0.560. The van der Waals surface area contributed by atoms with Crippen LogP contribution in [0.4, 0.5) is 22.2 Å². The zero-order valence-corrected chi connectivity index (χ0v) is 20.3. The summed E-state index contributed by atoms with van der Waals surface area (Å²) in [5, 5.41) is 9.49. The Balaban J connectivity index is 1.25. The molecule has 2 aliphatic carbocycles. The second kappa shape index (κ2) is 11.3. The first kappa shape index (κ1) is 23.9. The number of amides is 2. The number of urea groups is 1. The van der Waals surface area contributed by atoms with E-state index in [4.69, 9.17) is 9.47 Å². The molecular weight excluding hydrogens is 432 g/mol. The molecule has 1 aromatic heterocycles. The number of hydrogen-bond acceptors (Lipinski definition) is 7. The van der Waals surface area contributed by atoms with Gasteiger partial charge in [-0.3, -0.25) is 0 Å². The summed E-state index contributed by atoms with van der Waals surface area (Å²) in [5.74, 6) is 2.89. The Bertz CT molecular complexity index is 955. The quantitative estimate of drug-likeness (QED) is 0.527. The highest BCUT2D eigenvalue weighted by Crippen LogP contribution is 2.34. The van der Waals surface area contributed by atoms with Gasteiger partial charge in [0.25, 0.3) is 0 Å². The summed E-state index contributed by atoms with van der Waals surface area (Å²) in [6, 6.07) is 7.65. The van der Waals surface area contributed by atoms with Crippen molar-refractivity contribution in [3.05, 3.63) is 30.5 Å². The highest BCUT2D eigenvalue weighted by molar-refractivity contribution is 5.89. The van der Waals surface area contributed by atoms with Gasteiger partial charge in [-0.1, -0.05) is 0 Å². The summed E-state index contributed by atoms with van der Waals surface area (Å²) in [5.41, 5.74) is 0.694. The molecule has 34 heavy (non-hydrogen) atoms. The fourth-order valence-corrected chi connectivity index (χ4v) is 4.62. The number of nitrogens with zero attached hydrogens (tertiary/aromatic N) is 3. The van der Waals surface area contributed by atoms with Crippen LogP contribution in [-0.4, -0.2) is 55.4 Å². The van der Waals surface area contributed by atoms with Gasteiger partial charge in [0.05, 0.1) is 13.2 Å². The summed E-state index contributed by atoms with van der Waals surface area (Å²) in [4.78, 5) is 23.5. The molecule has 0 radical (unpaired) electrons. The van der Waals surface area contributed by atoms with Gasteiger partial charge in [0.2, 0.25) is 5.95 Å². The van der Waals surface area contributed by atoms with Crippen LogP contribution in [0.25, 0.3) is 0 Å². The highest BCUT2D eigenvalue weighted by Gasteiger charge is 2.23. The number of benzene rings is 1. The van der Waals surface area contributed by atoms with Crippen molar-refractivity contribution in [3.8, 4) is 11.5 Å². The summed E-state index contributed by atoms with van der Waals surface area (Å²) >= 11 is 0. The maximum absolute atomic E-state index is 12.6. The maximum atomic E-state index is 12.6. The van der Waals surface area contributed by atoms with Crippen LogP contribution in [0.15, 0.2) is 30.5 Å². The Hall–Kier alpha value is -3.23. The van der Waals surface area contributed by atoms with E-state index >= 15 is 0 Å². The van der Waals surface area contributed by atoms with Crippen LogP contribution in [0.2, 0.25) is 0 Å². The molecule has 184 valence electrons. The first-order valence-corrected chi connectivity index (χ1v) is 12.2. The van der Waals surface area contributed by atoms with Gasteiger partial charge in [0.1, 0.15) is 5.82 Å². The summed E-state index contributed by atoms with van der Waals surface area (Å²) in [6.07, 6.45) is 10.2. The zero-order valence-electron chi connectivity index (χ0n) is 20.3. The van der Waals surface area contributed by atoms with Crippen LogP contribution in [-0.2, 0) is 0 Å². The topological polar surface area (TPSA) is 101 Å². The van der Waals surface area contributed by atoms with Gasteiger partial charge in [-0.05, 0) is 69.6 Å². The molecule has 0 unspecified atom stereocenters. The van der Waals surface area contributed by atoms with Crippen LogP contribution in [0, 0.1) is 0 Å². The van der Waals surface area contributed by atoms with Crippen molar-refractivity contribution < 1.29 is 14.3 Å². The number of methoxy groups -OCH3 is 1. The van der Waals surface area contributed by atoms with E-state index < -0.39 is 0 Å². The Labute approximate surface area is 201 Å². The third-order valence-corrected chi connectivity index (χ3v) is 6.51. The van der Waals surface area contributed by atoms with Gasteiger partial charge < -0.3 is 30.3 Å². The van der Waals surface area contributed by atoms with Gasteiger partial charge in [-0.2, -0.15) is 4.98 Å². The average molecular weight is 469 g/mol. The molecule has 4 rings (SSSR count). The lowest BCUT2D eigenvalue weighted by Gasteiger charge is -2.29. The van der Waals surface area contributed by atoms with E-state index in [1.54, 1.807) is 13.3 Å². The Morgan fingerprint density at radius 3 is 2.44 bits per heavy atom. The normalized spacial score (nSPS) is 20.4. The largest absolute Gasteiger partial charge is 0.493 e. The number of ether oxygens (including phenoxy) is 2. The molecule has 0 atom stereocenters. The molecule has 1 heterocycles. The number of carbonyl (C=O) groups is 1. The molecular formula is C25H36N6O3. The second-order valence-corrected chi connectivity index (χ2v) is 9.31. The molecule has 1 aromatic carbocycles. The zero-order chi connectivity index (χ0) is 23.9. The van der Waals surface area contributed by atoms with Crippen molar-refractivity contribution in [1.82, 2.24) is 15.3 Å². The molecule has 0 saturated heterocycles. The van der Waals surface area contributed by atoms with Gasteiger partial charge in [-0.15, -0.1) is 0 Å². The molecule has 2 aromatic rings. The van der Waals surface area contributed by atoms with Crippen LogP contribution < -0.4 is 30.3 Å². The molecule has 2 aliphatic rings. The molecule has 0 bridgehead atoms.